The highest BCUT2D eigenvalue weighted by atomic mass is 19.4. The number of anilines is 1. The van der Waals surface area contributed by atoms with Crippen molar-refractivity contribution >= 4 is 5.69 Å². The summed E-state index contributed by atoms with van der Waals surface area (Å²) in [5.41, 5.74) is 6.46. The number of hydrogen-bond acceptors (Lipinski definition) is 2. The Labute approximate surface area is 111 Å². The van der Waals surface area contributed by atoms with Gasteiger partial charge in [0.05, 0.1) is 5.56 Å². The van der Waals surface area contributed by atoms with Gasteiger partial charge in [0.15, 0.2) is 0 Å². The van der Waals surface area contributed by atoms with Gasteiger partial charge in [0, 0.05) is 25.3 Å². The molecule has 0 amide bonds. The molecule has 0 unspecified atom stereocenters. The minimum Gasteiger partial charge on any atom is -0.371 e. The van der Waals surface area contributed by atoms with Gasteiger partial charge in [-0.3, -0.25) is 0 Å². The van der Waals surface area contributed by atoms with Crippen LogP contribution in [0, 0.1) is 5.92 Å². The van der Waals surface area contributed by atoms with Crippen molar-refractivity contribution in [2.45, 2.75) is 32.5 Å². The molecule has 1 aromatic rings. The van der Waals surface area contributed by atoms with Crippen LogP contribution in [0.5, 0.6) is 0 Å². The maximum absolute atomic E-state index is 12.8. The molecule has 19 heavy (non-hydrogen) atoms. The first-order valence-electron chi connectivity index (χ1n) is 6.57. The fourth-order valence-corrected chi connectivity index (χ4v) is 2.46. The summed E-state index contributed by atoms with van der Waals surface area (Å²) in [5.74, 6) is 0.642. The van der Waals surface area contributed by atoms with Crippen LogP contribution >= 0.6 is 0 Å². The Morgan fingerprint density at radius 1 is 1.26 bits per heavy atom. The van der Waals surface area contributed by atoms with Crippen molar-refractivity contribution in [1.82, 2.24) is 0 Å². The minimum atomic E-state index is -4.30. The number of nitrogens with zero attached hydrogens (tertiary/aromatic N) is 1. The number of rotatable bonds is 2. The number of nitrogens with two attached hydrogens (primary N) is 1. The number of alkyl halides is 3. The third kappa shape index (κ3) is 3.21. The first kappa shape index (κ1) is 14.2. The normalized spacial score (nSPS) is 17.8. The van der Waals surface area contributed by atoms with E-state index >= 15 is 0 Å². The van der Waals surface area contributed by atoms with Crippen LogP contribution in [0.15, 0.2) is 18.2 Å². The quantitative estimate of drug-likeness (QED) is 0.894. The molecule has 1 fully saturated rings. The zero-order valence-electron chi connectivity index (χ0n) is 11.0. The fourth-order valence-electron chi connectivity index (χ4n) is 2.46. The van der Waals surface area contributed by atoms with Crippen molar-refractivity contribution in [2.24, 2.45) is 11.7 Å². The lowest BCUT2D eigenvalue weighted by atomic mass is 9.97. The van der Waals surface area contributed by atoms with Crippen LogP contribution in [0.25, 0.3) is 0 Å². The molecule has 2 rings (SSSR count). The molecule has 5 heteroatoms. The molecule has 1 heterocycles. The first-order chi connectivity index (χ1) is 8.91. The standard InChI is InChI=1S/C14H19F3N2/c1-10-4-6-19(7-5-10)13-8-12(14(15,16)17)3-2-11(13)9-18/h2-3,8,10H,4-7,9,18H2,1H3. The molecule has 2 N–H and O–H groups in total. The molecule has 2 nitrogen and oxygen atoms in total. The second kappa shape index (κ2) is 5.41. The molecule has 0 bridgehead atoms. The molecule has 1 saturated heterocycles. The van der Waals surface area contributed by atoms with Crippen LogP contribution in [0.1, 0.15) is 30.9 Å². The van der Waals surface area contributed by atoms with Crippen molar-refractivity contribution in [3.63, 3.8) is 0 Å². The highest BCUT2D eigenvalue weighted by Gasteiger charge is 2.31. The van der Waals surface area contributed by atoms with Crippen molar-refractivity contribution in [3.8, 4) is 0 Å². The molecule has 0 spiro atoms. The molecule has 0 saturated carbocycles. The summed E-state index contributed by atoms with van der Waals surface area (Å²) in [6, 6.07) is 3.84. The zero-order valence-corrected chi connectivity index (χ0v) is 11.0. The SMILES string of the molecule is CC1CCN(c2cc(C(F)(F)F)ccc2CN)CC1. The molecule has 0 radical (unpaired) electrons. The third-order valence-electron chi connectivity index (χ3n) is 3.76. The lowest BCUT2D eigenvalue weighted by molar-refractivity contribution is -0.137. The molecule has 1 aliphatic rings. The van der Waals surface area contributed by atoms with E-state index < -0.39 is 11.7 Å². The second-order valence-electron chi connectivity index (χ2n) is 5.21. The Kier molecular flexibility index (Phi) is 4.04. The van der Waals surface area contributed by atoms with E-state index in [0.29, 0.717) is 11.6 Å². The van der Waals surface area contributed by atoms with E-state index in [-0.39, 0.29) is 6.54 Å². The highest BCUT2D eigenvalue weighted by molar-refractivity contribution is 5.56. The van der Waals surface area contributed by atoms with Gasteiger partial charge in [-0.2, -0.15) is 13.2 Å². The monoisotopic (exact) mass is 272 g/mol. The number of halogens is 3. The van der Waals surface area contributed by atoms with E-state index in [4.69, 9.17) is 5.73 Å². The van der Waals surface area contributed by atoms with Crippen molar-refractivity contribution in [1.29, 1.82) is 0 Å². The molecule has 1 aromatic carbocycles. The van der Waals surface area contributed by atoms with E-state index in [1.807, 2.05) is 4.90 Å². The van der Waals surface area contributed by atoms with Gasteiger partial charge in [0.2, 0.25) is 0 Å². The maximum Gasteiger partial charge on any atom is 0.416 e. The Balaban J connectivity index is 2.31. The van der Waals surface area contributed by atoms with Gasteiger partial charge in [-0.05, 0) is 36.5 Å². The second-order valence-corrected chi connectivity index (χ2v) is 5.21. The van der Waals surface area contributed by atoms with E-state index in [1.165, 1.54) is 12.1 Å². The number of piperidine rings is 1. The number of benzene rings is 1. The van der Waals surface area contributed by atoms with Gasteiger partial charge < -0.3 is 10.6 Å². The molecule has 0 atom stereocenters. The summed E-state index contributed by atoms with van der Waals surface area (Å²) >= 11 is 0. The molecular formula is C14H19F3N2. The van der Waals surface area contributed by atoms with E-state index in [2.05, 4.69) is 6.92 Å². The van der Waals surface area contributed by atoms with Gasteiger partial charge in [-0.15, -0.1) is 0 Å². The Hall–Kier alpha value is -1.23. The van der Waals surface area contributed by atoms with Crippen LogP contribution in [-0.4, -0.2) is 13.1 Å². The van der Waals surface area contributed by atoms with E-state index in [1.54, 1.807) is 0 Å². The first-order valence-corrected chi connectivity index (χ1v) is 6.57. The van der Waals surface area contributed by atoms with Crippen LogP contribution in [0.3, 0.4) is 0 Å². The summed E-state index contributed by atoms with van der Waals surface area (Å²) in [4.78, 5) is 2.03. The molecule has 0 aromatic heterocycles. The van der Waals surface area contributed by atoms with Gasteiger partial charge in [-0.1, -0.05) is 13.0 Å². The number of hydrogen-bond donors (Lipinski definition) is 1. The summed E-state index contributed by atoms with van der Waals surface area (Å²) in [5, 5.41) is 0. The Morgan fingerprint density at radius 2 is 1.89 bits per heavy atom. The average molecular weight is 272 g/mol. The Bertz CT molecular complexity index is 435. The van der Waals surface area contributed by atoms with Crippen LogP contribution in [0.2, 0.25) is 0 Å². The Morgan fingerprint density at radius 3 is 2.42 bits per heavy atom. The summed E-state index contributed by atoms with van der Waals surface area (Å²) in [6.07, 6.45) is -2.27. The van der Waals surface area contributed by atoms with Gasteiger partial charge in [-0.25, -0.2) is 0 Å². The smallest absolute Gasteiger partial charge is 0.371 e. The van der Waals surface area contributed by atoms with E-state index in [0.717, 1.165) is 37.6 Å². The average Bonchev–Trinajstić information content (AvgIpc) is 2.38. The summed E-state index contributed by atoms with van der Waals surface area (Å²) < 4.78 is 38.3. The lowest BCUT2D eigenvalue weighted by Crippen LogP contribution is -2.33. The molecular weight excluding hydrogens is 253 g/mol. The highest BCUT2D eigenvalue weighted by Crippen LogP contribution is 2.34. The molecule has 0 aliphatic carbocycles. The fraction of sp³-hybridized carbons (Fsp3) is 0.571. The lowest BCUT2D eigenvalue weighted by Gasteiger charge is -2.33. The van der Waals surface area contributed by atoms with Crippen LogP contribution < -0.4 is 10.6 Å². The summed E-state index contributed by atoms with van der Waals surface area (Å²) in [6.45, 7) is 4.04. The van der Waals surface area contributed by atoms with Crippen LogP contribution in [-0.2, 0) is 12.7 Å². The van der Waals surface area contributed by atoms with Crippen LogP contribution in [0.4, 0.5) is 18.9 Å². The minimum absolute atomic E-state index is 0.263. The molecule has 106 valence electrons. The predicted molar refractivity (Wildman–Crippen MR) is 69.9 cm³/mol. The van der Waals surface area contributed by atoms with Gasteiger partial charge in [0.1, 0.15) is 0 Å². The third-order valence-corrected chi connectivity index (χ3v) is 3.76. The van der Waals surface area contributed by atoms with Gasteiger partial charge >= 0.3 is 6.18 Å². The van der Waals surface area contributed by atoms with Gasteiger partial charge in [0.25, 0.3) is 0 Å². The van der Waals surface area contributed by atoms with E-state index in [9.17, 15) is 13.2 Å². The molecule has 1 aliphatic heterocycles. The summed E-state index contributed by atoms with van der Waals surface area (Å²) in [7, 11) is 0. The van der Waals surface area contributed by atoms with Crippen molar-refractivity contribution in [2.75, 3.05) is 18.0 Å². The topological polar surface area (TPSA) is 29.3 Å². The largest absolute Gasteiger partial charge is 0.416 e. The predicted octanol–water partition coefficient (Wildman–Crippen LogP) is 3.40. The zero-order chi connectivity index (χ0) is 14.0. The van der Waals surface area contributed by atoms with Crippen molar-refractivity contribution in [3.05, 3.63) is 29.3 Å². The van der Waals surface area contributed by atoms with Crippen molar-refractivity contribution < 1.29 is 13.2 Å². The maximum atomic E-state index is 12.8.